The van der Waals surface area contributed by atoms with Crippen LogP contribution in [-0.4, -0.2) is 28.6 Å². The SMILES string of the molecule is CCCNC(CSC(C)CC)Cc1ccncc1Cl. The second-order valence-electron chi connectivity index (χ2n) is 4.87. The van der Waals surface area contributed by atoms with Crippen LogP contribution < -0.4 is 5.32 Å². The van der Waals surface area contributed by atoms with Gasteiger partial charge in [-0.2, -0.15) is 11.8 Å². The molecule has 2 unspecified atom stereocenters. The number of hydrogen-bond donors (Lipinski definition) is 1. The lowest BCUT2D eigenvalue weighted by atomic mass is 10.1. The zero-order valence-electron chi connectivity index (χ0n) is 12.2. The Morgan fingerprint density at radius 2 is 2.21 bits per heavy atom. The summed E-state index contributed by atoms with van der Waals surface area (Å²) < 4.78 is 0. The summed E-state index contributed by atoms with van der Waals surface area (Å²) in [5.41, 5.74) is 1.19. The summed E-state index contributed by atoms with van der Waals surface area (Å²) in [5, 5.41) is 5.12. The Labute approximate surface area is 126 Å². The van der Waals surface area contributed by atoms with Gasteiger partial charge >= 0.3 is 0 Å². The van der Waals surface area contributed by atoms with E-state index >= 15 is 0 Å². The minimum atomic E-state index is 0.485. The van der Waals surface area contributed by atoms with Crippen LogP contribution in [0.3, 0.4) is 0 Å². The highest BCUT2D eigenvalue weighted by molar-refractivity contribution is 7.99. The lowest BCUT2D eigenvalue weighted by Crippen LogP contribution is -2.34. The molecule has 0 amide bonds. The van der Waals surface area contributed by atoms with Gasteiger partial charge in [-0.15, -0.1) is 0 Å². The molecule has 0 radical (unpaired) electrons. The highest BCUT2D eigenvalue weighted by Gasteiger charge is 2.12. The number of pyridine rings is 1. The molecule has 0 aromatic carbocycles. The Morgan fingerprint density at radius 3 is 2.84 bits per heavy atom. The molecule has 0 saturated heterocycles. The Morgan fingerprint density at radius 1 is 1.42 bits per heavy atom. The van der Waals surface area contributed by atoms with Crippen LogP contribution in [0.2, 0.25) is 5.02 Å². The third-order valence-electron chi connectivity index (χ3n) is 3.16. The molecule has 0 aliphatic heterocycles. The Balaban J connectivity index is 2.55. The number of hydrogen-bond acceptors (Lipinski definition) is 3. The molecule has 0 aliphatic rings. The fraction of sp³-hybridized carbons (Fsp3) is 0.667. The van der Waals surface area contributed by atoms with Crippen molar-refractivity contribution in [1.29, 1.82) is 0 Å². The maximum atomic E-state index is 6.20. The monoisotopic (exact) mass is 300 g/mol. The van der Waals surface area contributed by atoms with Gasteiger partial charge in [0.05, 0.1) is 5.02 Å². The van der Waals surface area contributed by atoms with Gasteiger partial charge in [0.15, 0.2) is 0 Å². The molecule has 0 bridgehead atoms. The highest BCUT2D eigenvalue weighted by Crippen LogP contribution is 2.19. The molecule has 1 N–H and O–H groups in total. The molecule has 1 rings (SSSR count). The topological polar surface area (TPSA) is 24.9 Å². The van der Waals surface area contributed by atoms with Crippen LogP contribution in [0.1, 0.15) is 39.2 Å². The predicted molar refractivity (Wildman–Crippen MR) is 87.2 cm³/mol. The van der Waals surface area contributed by atoms with Gasteiger partial charge in [-0.1, -0.05) is 32.4 Å². The maximum absolute atomic E-state index is 6.20. The summed E-state index contributed by atoms with van der Waals surface area (Å²) in [4.78, 5) is 4.04. The van der Waals surface area contributed by atoms with E-state index in [-0.39, 0.29) is 0 Å². The van der Waals surface area contributed by atoms with Crippen LogP contribution in [0.15, 0.2) is 18.5 Å². The lowest BCUT2D eigenvalue weighted by Gasteiger charge is -2.20. The minimum Gasteiger partial charge on any atom is -0.313 e. The lowest BCUT2D eigenvalue weighted by molar-refractivity contribution is 0.549. The molecule has 0 spiro atoms. The van der Waals surface area contributed by atoms with Crippen LogP contribution in [0.4, 0.5) is 0 Å². The fourth-order valence-corrected chi connectivity index (χ4v) is 3.00. The molecule has 1 aromatic rings. The van der Waals surface area contributed by atoms with Crippen LogP contribution in [-0.2, 0) is 6.42 Å². The molecule has 1 heterocycles. The van der Waals surface area contributed by atoms with Crippen LogP contribution in [0, 0.1) is 0 Å². The molecule has 108 valence electrons. The van der Waals surface area contributed by atoms with E-state index in [4.69, 9.17) is 11.6 Å². The third-order valence-corrected chi connectivity index (χ3v) is 5.00. The van der Waals surface area contributed by atoms with E-state index in [9.17, 15) is 0 Å². The van der Waals surface area contributed by atoms with E-state index in [1.54, 1.807) is 6.20 Å². The standard InChI is InChI=1S/C15H25ClN2S/c1-4-7-18-14(11-19-12(3)5-2)9-13-6-8-17-10-15(13)16/h6,8,10,12,14,18H,4-5,7,9,11H2,1-3H3. The summed E-state index contributed by atoms with van der Waals surface area (Å²) in [6.45, 7) is 7.80. The van der Waals surface area contributed by atoms with Gasteiger partial charge < -0.3 is 5.32 Å². The number of nitrogens with one attached hydrogen (secondary N) is 1. The van der Waals surface area contributed by atoms with E-state index in [1.807, 2.05) is 24.0 Å². The van der Waals surface area contributed by atoms with Crippen molar-refractivity contribution in [2.45, 2.75) is 51.3 Å². The van der Waals surface area contributed by atoms with Crippen molar-refractivity contribution in [3.8, 4) is 0 Å². The maximum Gasteiger partial charge on any atom is 0.0621 e. The molecule has 2 atom stereocenters. The van der Waals surface area contributed by atoms with Crippen molar-refractivity contribution in [2.24, 2.45) is 0 Å². The normalized spacial score (nSPS) is 14.3. The van der Waals surface area contributed by atoms with Crippen molar-refractivity contribution in [3.05, 3.63) is 29.0 Å². The smallest absolute Gasteiger partial charge is 0.0621 e. The van der Waals surface area contributed by atoms with Gasteiger partial charge in [-0.25, -0.2) is 0 Å². The summed E-state index contributed by atoms with van der Waals surface area (Å²) in [7, 11) is 0. The minimum absolute atomic E-state index is 0.485. The third kappa shape index (κ3) is 6.64. The summed E-state index contributed by atoms with van der Waals surface area (Å²) in [6.07, 6.45) is 6.91. The molecule has 4 heteroatoms. The second-order valence-corrected chi connectivity index (χ2v) is 6.75. The molecule has 2 nitrogen and oxygen atoms in total. The summed E-state index contributed by atoms with van der Waals surface area (Å²) in [6, 6.07) is 2.51. The van der Waals surface area contributed by atoms with Crippen LogP contribution >= 0.6 is 23.4 Å². The number of nitrogens with zero attached hydrogens (tertiary/aromatic N) is 1. The van der Waals surface area contributed by atoms with Gasteiger partial charge in [0.25, 0.3) is 0 Å². The number of thioether (sulfide) groups is 1. The molecule has 1 aromatic heterocycles. The first-order valence-electron chi connectivity index (χ1n) is 7.10. The van der Waals surface area contributed by atoms with E-state index in [2.05, 4.69) is 31.1 Å². The first-order valence-corrected chi connectivity index (χ1v) is 8.53. The van der Waals surface area contributed by atoms with Crippen molar-refractivity contribution >= 4 is 23.4 Å². The Hall–Kier alpha value is -0.250. The van der Waals surface area contributed by atoms with Crippen molar-refractivity contribution in [1.82, 2.24) is 10.3 Å². The van der Waals surface area contributed by atoms with Crippen LogP contribution in [0.5, 0.6) is 0 Å². The van der Waals surface area contributed by atoms with E-state index < -0.39 is 0 Å². The van der Waals surface area contributed by atoms with Gasteiger partial charge in [0.1, 0.15) is 0 Å². The van der Waals surface area contributed by atoms with Crippen LogP contribution in [0.25, 0.3) is 0 Å². The predicted octanol–water partition coefficient (Wildman–Crippen LogP) is 4.18. The Bertz CT molecular complexity index is 360. The second kappa shape index (κ2) is 9.62. The highest BCUT2D eigenvalue weighted by atomic mass is 35.5. The van der Waals surface area contributed by atoms with E-state index in [1.165, 1.54) is 12.0 Å². The number of rotatable bonds is 9. The summed E-state index contributed by atoms with van der Waals surface area (Å²) >= 11 is 8.23. The first kappa shape index (κ1) is 16.8. The molecular weight excluding hydrogens is 276 g/mol. The zero-order chi connectivity index (χ0) is 14.1. The van der Waals surface area contributed by atoms with Crippen molar-refractivity contribution in [3.63, 3.8) is 0 Å². The van der Waals surface area contributed by atoms with Gasteiger partial charge in [-0.3, -0.25) is 4.98 Å². The van der Waals surface area contributed by atoms with Gasteiger partial charge in [0.2, 0.25) is 0 Å². The van der Waals surface area contributed by atoms with Crippen molar-refractivity contribution < 1.29 is 0 Å². The Kier molecular flexibility index (Phi) is 8.51. The molecular formula is C15H25ClN2S. The fourth-order valence-electron chi connectivity index (χ4n) is 1.77. The summed E-state index contributed by atoms with van der Waals surface area (Å²) in [5.74, 6) is 1.13. The number of aromatic nitrogens is 1. The van der Waals surface area contributed by atoms with E-state index in [0.717, 1.165) is 35.4 Å². The zero-order valence-corrected chi connectivity index (χ0v) is 13.7. The molecule has 0 saturated carbocycles. The van der Waals surface area contributed by atoms with Gasteiger partial charge in [-0.05, 0) is 37.4 Å². The first-order chi connectivity index (χ1) is 9.17. The molecule has 0 aliphatic carbocycles. The quantitative estimate of drug-likeness (QED) is 0.740. The average Bonchev–Trinajstić information content (AvgIpc) is 2.43. The largest absolute Gasteiger partial charge is 0.313 e. The average molecular weight is 301 g/mol. The number of halogens is 1. The van der Waals surface area contributed by atoms with E-state index in [0.29, 0.717) is 6.04 Å². The molecule has 0 fully saturated rings. The van der Waals surface area contributed by atoms with Gasteiger partial charge in [0, 0.05) is 29.4 Å². The molecule has 19 heavy (non-hydrogen) atoms. The van der Waals surface area contributed by atoms with Crippen molar-refractivity contribution in [2.75, 3.05) is 12.3 Å².